The van der Waals surface area contributed by atoms with Crippen molar-refractivity contribution < 1.29 is 29.3 Å². The van der Waals surface area contributed by atoms with E-state index < -0.39 is 11.8 Å². The first-order valence-corrected chi connectivity index (χ1v) is 16.8. The molecule has 5 heterocycles. The highest BCUT2D eigenvalue weighted by molar-refractivity contribution is 5.84. The first kappa shape index (κ1) is 35.6. The van der Waals surface area contributed by atoms with Gasteiger partial charge in [0, 0.05) is 69.4 Å². The van der Waals surface area contributed by atoms with Crippen LogP contribution in [-0.4, -0.2) is 104 Å². The summed E-state index contributed by atoms with van der Waals surface area (Å²) in [6.45, 7) is 4.00. The number of nitrogens with zero attached hydrogens (tertiary/aromatic N) is 6. The zero-order valence-corrected chi connectivity index (χ0v) is 28.8. The molecule has 3 aliphatic heterocycles. The Balaban J connectivity index is 0.000000187. The van der Waals surface area contributed by atoms with Crippen molar-refractivity contribution in [3.8, 4) is 17.3 Å². The average Bonchev–Trinajstić information content (AvgIpc) is 3.92. The number of pyridine rings is 1. The van der Waals surface area contributed by atoms with E-state index in [4.69, 9.17) is 9.47 Å². The summed E-state index contributed by atoms with van der Waals surface area (Å²) in [5.41, 5.74) is 13.4. The fourth-order valence-corrected chi connectivity index (χ4v) is 6.37. The normalized spacial score (nSPS) is 18.6. The van der Waals surface area contributed by atoms with Gasteiger partial charge in [-0.3, -0.25) is 14.3 Å². The maximum atomic E-state index is 12.7. The molecule has 3 aliphatic rings. The molecule has 7 rings (SSSR count). The largest absolute Gasteiger partial charge is 0.478 e. The van der Waals surface area contributed by atoms with Crippen molar-refractivity contribution in [1.82, 2.24) is 35.0 Å². The smallest absolute Gasteiger partial charge is 0.309 e. The number of nitrogens with one attached hydrogen (secondary N) is 3. The third-order valence-corrected chi connectivity index (χ3v) is 9.14. The van der Waals surface area contributed by atoms with Crippen LogP contribution >= 0.6 is 0 Å². The van der Waals surface area contributed by atoms with E-state index in [9.17, 15) is 19.8 Å². The maximum absolute atomic E-state index is 12.7. The quantitative estimate of drug-likeness (QED) is 0.121. The lowest BCUT2D eigenvalue weighted by atomic mass is 9.98. The molecule has 0 radical (unpaired) electrons. The van der Waals surface area contributed by atoms with Gasteiger partial charge in [0.25, 0.3) is 5.91 Å². The Morgan fingerprint density at radius 3 is 2.57 bits per heavy atom. The lowest BCUT2D eigenvalue weighted by Gasteiger charge is -2.36. The van der Waals surface area contributed by atoms with Gasteiger partial charge in [0.15, 0.2) is 5.82 Å². The molecular formula is C36H43N9O6. The topological polar surface area (TPSA) is 179 Å². The number of benzene rings is 2. The van der Waals surface area contributed by atoms with E-state index in [2.05, 4.69) is 31.2 Å². The van der Waals surface area contributed by atoms with Gasteiger partial charge in [-0.05, 0) is 60.7 Å². The highest BCUT2D eigenvalue weighted by atomic mass is 16.5. The van der Waals surface area contributed by atoms with Crippen LogP contribution in [0.2, 0.25) is 0 Å². The summed E-state index contributed by atoms with van der Waals surface area (Å²) >= 11 is 0. The summed E-state index contributed by atoms with van der Waals surface area (Å²) in [7, 11) is 3.42. The summed E-state index contributed by atoms with van der Waals surface area (Å²) in [4.78, 5) is 34.6. The molecule has 0 spiro atoms. The number of hydrogen-bond acceptors (Lipinski definition) is 12. The molecule has 15 heteroatoms. The van der Waals surface area contributed by atoms with Crippen molar-refractivity contribution in [2.24, 2.45) is 7.05 Å². The minimum absolute atomic E-state index is 0.0180. The van der Waals surface area contributed by atoms with Gasteiger partial charge < -0.3 is 35.3 Å². The predicted octanol–water partition coefficient (Wildman–Crippen LogP) is 2.53. The number of hydrazine groups is 1. The third-order valence-electron chi connectivity index (χ3n) is 9.14. The lowest BCUT2D eigenvalue weighted by Crippen LogP contribution is -2.60. The Morgan fingerprint density at radius 2 is 1.90 bits per heavy atom. The van der Waals surface area contributed by atoms with E-state index in [0.717, 1.165) is 39.2 Å². The van der Waals surface area contributed by atoms with E-state index in [1.165, 1.54) is 9.80 Å². The minimum atomic E-state index is -2.50. The Labute approximate surface area is 295 Å². The Bertz CT molecular complexity index is 1860. The fourth-order valence-electron chi connectivity index (χ4n) is 6.37. The summed E-state index contributed by atoms with van der Waals surface area (Å²) in [6.07, 6.45) is 7.25. The molecule has 51 heavy (non-hydrogen) atoms. The summed E-state index contributed by atoms with van der Waals surface area (Å²) < 4.78 is 12.4. The monoisotopic (exact) mass is 697 g/mol. The minimum Gasteiger partial charge on any atom is -0.478 e. The van der Waals surface area contributed by atoms with Crippen molar-refractivity contribution in [1.29, 1.82) is 0 Å². The number of aliphatic hydroxyl groups is 2. The van der Waals surface area contributed by atoms with Gasteiger partial charge in [-0.2, -0.15) is 5.10 Å². The number of rotatable bonds is 10. The van der Waals surface area contributed by atoms with Crippen molar-refractivity contribution in [3.63, 3.8) is 0 Å². The molecule has 2 atom stereocenters. The molecule has 2 aromatic carbocycles. The van der Waals surface area contributed by atoms with Crippen LogP contribution in [0.1, 0.15) is 42.5 Å². The number of aryl methyl sites for hydroxylation is 1. The van der Waals surface area contributed by atoms with Crippen LogP contribution in [0, 0.1) is 0 Å². The molecule has 2 amide bonds. The molecule has 2 aromatic heterocycles. The van der Waals surface area contributed by atoms with Crippen molar-refractivity contribution in [2.75, 3.05) is 50.6 Å². The number of hydrogen-bond donors (Lipinski definition) is 5. The number of anilines is 2. The van der Waals surface area contributed by atoms with Gasteiger partial charge in [-0.15, -0.1) is 0 Å². The second-order valence-corrected chi connectivity index (χ2v) is 12.4. The SMILES string of the molecule is CCOc1cc(C2NNc3ccc(NC=O)cc32)ccn1.CO[C@H]1CCN(C(O)(O)C(=O)N2CC=C(c3ccc(-c4ncn(C)n4)cc3)CC2)C1. The first-order valence-electron chi connectivity index (χ1n) is 16.8. The van der Waals surface area contributed by atoms with Crippen molar-refractivity contribution in [3.05, 3.63) is 89.9 Å². The van der Waals surface area contributed by atoms with E-state index >= 15 is 0 Å². The van der Waals surface area contributed by atoms with Gasteiger partial charge in [0.1, 0.15) is 6.33 Å². The van der Waals surface area contributed by atoms with Gasteiger partial charge in [-0.1, -0.05) is 30.3 Å². The first-order chi connectivity index (χ1) is 24.7. The van der Waals surface area contributed by atoms with Gasteiger partial charge in [0.2, 0.25) is 12.3 Å². The summed E-state index contributed by atoms with van der Waals surface area (Å²) in [5, 5.41) is 27.9. The van der Waals surface area contributed by atoms with Crippen molar-refractivity contribution in [2.45, 2.75) is 37.8 Å². The molecule has 4 aromatic rings. The molecule has 15 nitrogen and oxygen atoms in total. The van der Waals surface area contributed by atoms with Crippen LogP contribution in [0.4, 0.5) is 11.4 Å². The Kier molecular flexibility index (Phi) is 11.0. The predicted molar refractivity (Wildman–Crippen MR) is 190 cm³/mol. The molecule has 5 N–H and O–H groups in total. The second-order valence-electron chi connectivity index (χ2n) is 12.4. The number of amides is 2. The second kappa shape index (κ2) is 15.8. The van der Waals surface area contributed by atoms with Gasteiger partial charge >= 0.3 is 5.91 Å². The summed E-state index contributed by atoms with van der Waals surface area (Å²) in [5.74, 6) is -1.91. The van der Waals surface area contributed by atoms with Crippen LogP contribution in [0.25, 0.3) is 17.0 Å². The van der Waals surface area contributed by atoms with Crippen LogP contribution < -0.4 is 20.9 Å². The van der Waals surface area contributed by atoms with E-state index in [1.54, 1.807) is 24.3 Å². The average molecular weight is 698 g/mol. The van der Waals surface area contributed by atoms with Crippen LogP contribution in [0.3, 0.4) is 0 Å². The van der Waals surface area contributed by atoms with E-state index in [0.29, 0.717) is 63.7 Å². The molecular weight excluding hydrogens is 654 g/mol. The lowest BCUT2D eigenvalue weighted by molar-refractivity contribution is -0.254. The Hall–Kier alpha value is -5.19. The molecule has 0 saturated carbocycles. The fraction of sp³-hybridized carbons (Fsp3) is 0.361. The van der Waals surface area contributed by atoms with Crippen molar-refractivity contribution >= 4 is 29.3 Å². The third kappa shape index (κ3) is 8.08. The molecule has 268 valence electrons. The number of likely N-dealkylation sites (tertiary alicyclic amines) is 1. The molecule has 1 fully saturated rings. The van der Waals surface area contributed by atoms with Gasteiger partial charge in [-0.25, -0.2) is 20.3 Å². The van der Waals surface area contributed by atoms with E-state index in [1.807, 2.05) is 74.6 Å². The van der Waals surface area contributed by atoms with Crippen LogP contribution in [0.5, 0.6) is 5.88 Å². The molecule has 0 aliphatic carbocycles. The standard InChI is InChI=1S/C21H27N5O4.C15H16N4O2/c1-24-14-22-19(23-24)17-5-3-15(4-6-17)16-7-10-25(11-8-16)20(27)21(28,29)26-12-9-18(13-26)30-2;1-2-21-14-7-10(5-6-16-14)15-12-8-11(17-9-20)3-4-13(12)18-19-15/h3-7,14,18,28-29H,8-13H2,1-2H3;3-9,15,18-19H,2H2,1H3,(H,17,20)/t18-;/m0./s1. The van der Waals surface area contributed by atoms with E-state index in [-0.39, 0.29) is 12.1 Å². The highest BCUT2D eigenvalue weighted by Crippen LogP contribution is 2.35. The Morgan fingerprint density at radius 1 is 1.10 bits per heavy atom. The number of carbonyl (C=O) groups is 2. The molecule has 1 saturated heterocycles. The number of aromatic nitrogens is 4. The van der Waals surface area contributed by atoms with Crippen LogP contribution in [-0.2, 0) is 21.4 Å². The number of ether oxygens (including phenoxy) is 2. The molecule has 0 bridgehead atoms. The van der Waals surface area contributed by atoms with Gasteiger partial charge in [0.05, 0.1) is 24.4 Å². The van der Waals surface area contributed by atoms with Crippen LogP contribution in [0.15, 0.2) is 73.2 Å². The highest BCUT2D eigenvalue weighted by Gasteiger charge is 2.46. The molecule has 1 unspecified atom stereocenters. The zero-order chi connectivity index (χ0) is 36.0. The number of fused-ring (bicyclic) bond motifs is 1. The number of methoxy groups -OCH3 is 1. The zero-order valence-electron chi connectivity index (χ0n) is 28.8. The summed E-state index contributed by atoms with van der Waals surface area (Å²) in [6, 6.07) is 17.6. The maximum Gasteiger partial charge on any atom is 0.309 e. The number of carbonyl (C=O) groups excluding carboxylic acids is 2.